The molecular weight excluding hydrogens is 233 g/mol. The van der Waals surface area contributed by atoms with E-state index < -0.39 is 11.7 Å². The van der Waals surface area contributed by atoms with Crippen LogP contribution in [0.3, 0.4) is 0 Å². The van der Waals surface area contributed by atoms with Gasteiger partial charge in [-0.25, -0.2) is 4.39 Å². The van der Waals surface area contributed by atoms with Crippen molar-refractivity contribution < 1.29 is 9.18 Å². The average Bonchev–Trinajstić information content (AvgIpc) is 2.87. The van der Waals surface area contributed by atoms with Crippen LogP contribution in [0.4, 0.5) is 10.1 Å². The van der Waals surface area contributed by atoms with Crippen molar-refractivity contribution in [2.24, 2.45) is 17.6 Å². The van der Waals surface area contributed by atoms with Gasteiger partial charge in [0, 0.05) is 26.2 Å². The van der Waals surface area contributed by atoms with Crippen LogP contribution in [0.1, 0.15) is 10.4 Å². The Hall–Kier alpha value is -1.62. The fourth-order valence-electron chi connectivity index (χ4n) is 3.07. The third-order valence-electron chi connectivity index (χ3n) is 3.97. The Kier molecular flexibility index (Phi) is 2.70. The topological polar surface area (TPSA) is 58.4 Å². The molecule has 18 heavy (non-hydrogen) atoms. The summed E-state index contributed by atoms with van der Waals surface area (Å²) in [6.45, 7) is 3.73. The second kappa shape index (κ2) is 4.24. The lowest BCUT2D eigenvalue weighted by molar-refractivity contribution is 0.0997. The maximum Gasteiger partial charge on any atom is 0.253 e. The smallest absolute Gasteiger partial charge is 0.253 e. The van der Waals surface area contributed by atoms with Crippen molar-refractivity contribution in [3.63, 3.8) is 0 Å². The predicted molar refractivity (Wildman–Crippen MR) is 67.0 cm³/mol. The highest BCUT2D eigenvalue weighted by Crippen LogP contribution is 2.32. The molecule has 0 spiro atoms. The zero-order valence-corrected chi connectivity index (χ0v) is 10.0. The zero-order valence-electron chi connectivity index (χ0n) is 10.0. The quantitative estimate of drug-likeness (QED) is 0.806. The van der Waals surface area contributed by atoms with Crippen molar-refractivity contribution in [1.29, 1.82) is 0 Å². The van der Waals surface area contributed by atoms with Crippen LogP contribution < -0.4 is 16.0 Å². The van der Waals surface area contributed by atoms with E-state index in [0.717, 1.165) is 26.2 Å². The Labute approximate surface area is 105 Å². The first-order valence-corrected chi connectivity index (χ1v) is 6.21. The third-order valence-corrected chi connectivity index (χ3v) is 3.97. The average molecular weight is 249 g/mol. The van der Waals surface area contributed by atoms with Gasteiger partial charge in [0.15, 0.2) is 0 Å². The summed E-state index contributed by atoms with van der Waals surface area (Å²) in [7, 11) is 0. The van der Waals surface area contributed by atoms with Gasteiger partial charge in [-0.2, -0.15) is 0 Å². The molecule has 0 saturated carbocycles. The van der Waals surface area contributed by atoms with Gasteiger partial charge < -0.3 is 16.0 Å². The molecule has 3 rings (SSSR count). The van der Waals surface area contributed by atoms with Gasteiger partial charge in [-0.05, 0) is 24.0 Å². The molecule has 0 radical (unpaired) electrons. The van der Waals surface area contributed by atoms with E-state index >= 15 is 0 Å². The molecule has 2 unspecified atom stereocenters. The van der Waals surface area contributed by atoms with Crippen molar-refractivity contribution in [2.45, 2.75) is 0 Å². The number of nitrogens with two attached hydrogens (primary N) is 1. The Morgan fingerprint density at radius 1 is 1.33 bits per heavy atom. The van der Waals surface area contributed by atoms with Crippen molar-refractivity contribution in [3.8, 4) is 0 Å². The summed E-state index contributed by atoms with van der Waals surface area (Å²) in [6.07, 6.45) is 0. The van der Waals surface area contributed by atoms with E-state index in [1.165, 1.54) is 6.07 Å². The van der Waals surface area contributed by atoms with Crippen LogP contribution in [0.2, 0.25) is 0 Å². The predicted octanol–water partition coefficient (Wildman–Crippen LogP) is 0.580. The molecule has 2 atom stereocenters. The Morgan fingerprint density at radius 2 is 2.00 bits per heavy atom. The Bertz CT molecular complexity index is 479. The molecule has 2 aliphatic rings. The van der Waals surface area contributed by atoms with E-state index in [9.17, 15) is 9.18 Å². The molecule has 0 bridgehead atoms. The maximum absolute atomic E-state index is 13.7. The van der Waals surface area contributed by atoms with Crippen LogP contribution in [0, 0.1) is 17.7 Å². The van der Waals surface area contributed by atoms with Gasteiger partial charge in [0.05, 0.1) is 11.3 Å². The van der Waals surface area contributed by atoms with Crippen LogP contribution in [-0.4, -0.2) is 32.1 Å². The van der Waals surface area contributed by atoms with Gasteiger partial charge in [-0.1, -0.05) is 6.07 Å². The first-order valence-electron chi connectivity index (χ1n) is 6.21. The molecular formula is C13H16FN3O. The van der Waals surface area contributed by atoms with Gasteiger partial charge in [-0.3, -0.25) is 4.79 Å². The summed E-state index contributed by atoms with van der Waals surface area (Å²) >= 11 is 0. The van der Waals surface area contributed by atoms with Gasteiger partial charge in [0.2, 0.25) is 0 Å². The Balaban J connectivity index is 1.93. The van der Waals surface area contributed by atoms with E-state index in [0.29, 0.717) is 17.5 Å². The van der Waals surface area contributed by atoms with Crippen molar-refractivity contribution >= 4 is 11.6 Å². The number of nitrogens with zero attached hydrogens (tertiary/aromatic N) is 1. The van der Waals surface area contributed by atoms with E-state index in [1.807, 2.05) is 0 Å². The van der Waals surface area contributed by atoms with Gasteiger partial charge >= 0.3 is 0 Å². The lowest BCUT2D eigenvalue weighted by Crippen LogP contribution is -2.28. The molecule has 1 aromatic rings. The zero-order chi connectivity index (χ0) is 12.7. The van der Waals surface area contributed by atoms with E-state index in [1.54, 1.807) is 12.1 Å². The number of carbonyl (C=O) groups is 1. The molecule has 96 valence electrons. The van der Waals surface area contributed by atoms with Crippen LogP contribution in [0.15, 0.2) is 18.2 Å². The molecule has 5 heteroatoms. The first kappa shape index (κ1) is 11.5. The highest BCUT2D eigenvalue weighted by molar-refractivity contribution is 5.99. The Morgan fingerprint density at radius 3 is 2.61 bits per heavy atom. The highest BCUT2D eigenvalue weighted by atomic mass is 19.1. The SMILES string of the molecule is NC(=O)c1c(F)cccc1N1CC2CNCC2C1. The molecule has 2 heterocycles. The number of hydrogen-bond donors (Lipinski definition) is 2. The fraction of sp³-hybridized carbons (Fsp3) is 0.462. The lowest BCUT2D eigenvalue weighted by atomic mass is 10.0. The maximum atomic E-state index is 13.7. The molecule has 3 N–H and O–H groups in total. The molecule has 4 nitrogen and oxygen atoms in total. The lowest BCUT2D eigenvalue weighted by Gasteiger charge is -2.22. The van der Waals surface area contributed by atoms with Gasteiger partial charge in [0.25, 0.3) is 5.91 Å². The minimum absolute atomic E-state index is 0.0189. The number of fused-ring (bicyclic) bond motifs is 1. The standard InChI is InChI=1S/C13H16FN3O/c14-10-2-1-3-11(12(10)13(15)18)17-6-8-4-16-5-9(8)7-17/h1-3,8-9,16H,4-7H2,(H2,15,18). The van der Waals surface area contributed by atoms with Crippen LogP contribution in [0.25, 0.3) is 0 Å². The number of rotatable bonds is 2. The van der Waals surface area contributed by atoms with E-state index in [2.05, 4.69) is 10.2 Å². The number of amides is 1. The number of hydrogen-bond acceptors (Lipinski definition) is 3. The van der Waals surface area contributed by atoms with E-state index in [4.69, 9.17) is 5.73 Å². The summed E-state index contributed by atoms with van der Waals surface area (Å²) in [6, 6.07) is 4.68. The number of anilines is 1. The van der Waals surface area contributed by atoms with Crippen LogP contribution in [0.5, 0.6) is 0 Å². The number of primary amides is 1. The van der Waals surface area contributed by atoms with E-state index in [-0.39, 0.29) is 5.56 Å². The number of nitrogens with one attached hydrogen (secondary N) is 1. The number of halogens is 1. The van der Waals surface area contributed by atoms with Gasteiger partial charge in [0.1, 0.15) is 5.82 Å². The summed E-state index contributed by atoms with van der Waals surface area (Å²) < 4.78 is 13.7. The second-order valence-corrected chi connectivity index (χ2v) is 5.08. The summed E-state index contributed by atoms with van der Waals surface area (Å²) in [5.74, 6) is -0.0449. The van der Waals surface area contributed by atoms with Gasteiger partial charge in [-0.15, -0.1) is 0 Å². The summed E-state index contributed by atoms with van der Waals surface area (Å²) in [5.41, 5.74) is 5.94. The third kappa shape index (κ3) is 1.75. The van der Waals surface area contributed by atoms with Crippen LogP contribution in [-0.2, 0) is 0 Å². The number of carbonyl (C=O) groups excluding carboxylic acids is 1. The molecule has 0 aliphatic carbocycles. The largest absolute Gasteiger partial charge is 0.370 e. The van der Waals surface area contributed by atoms with Crippen LogP contribution >= 0.6 is 0 Å². The summed E-state index contributed by atoms with van der Waals surface area (Å²) in [4.78, 5) is 13.5. The monoisotopic (exact) mass is 249 g/mol. The van der Waals surface area contributed by atoms with Crippen molar-refractivity contribution in [1.82, 2.24) is 5.32 Å². The molecule has 2 fully saturated rings. The first-order chi connectivity index (χ1) is 8.66. The molecule has 0 aromatic heterocycles. The molecule has 2 aliphatic heterocycles. The second-order valence-electron chi connectivity index (χ2n) is 5.08. The van der Waals surface area contributed by atoms with Crippen molar-refractivity contribution in [3.05, 3.63) is 29.6 Å². The minimum atomic E-state index is -0.696. The number of benzene rings is 1. The normalized spacial score (nSPS) is 26.4. The molecule has 1 aromatic carbocycles. The van der Waals surface area contributed by atoms with Crippen molar-refractivity contribution in [2.75, 3.05) is 31.1 Å². The summed E-state index contributed by atoms with van der Waals surface area (Å²) in [5, 5.41) is 3.35. The molecule has 1 amide bonds. The fourth-order valence-corrected chi connectivity index (χ4v) is 3.07. The highest BCUT2D eigenvalue weighted by Gasteiger charge is 2.37. The minimum Gasteiger partial charge on any atom is -0.370 e. The molecule has 2 saturated heterocycles.